The maximum atomic E-state index is 12.3. The van der Waals surface area contributed by atoms with Crippen molar-refractivity contribution >= 4 is 17.0 Å². The Balaban J connectivity index is 2.11. The largest absolute Gasteiger partial charge is 0.462 e. The van der Waals surface area contributed by atoms with Gasteiger partial charge in [-0.3, -0.25) is 9.78 Å². The molecule has 0 unspecified atom stereocenters. The highest BCUT2D eigenvalue weighted by molar-refractivity contribution is 5.92. The molecule has 3 aromatic heterocycles. The molecular formula is C15H12N4O3. The van der Waals surface area contributed by atoms with Crippen LogP contribution in [0.5, 0.6) is 0 Å². The molecule has 0 aliphatic heterocycles. The van der Waals surface area contributed by atoms with Crippen molar-refractivity contribution in [2.24, 2.45) is 0 Å². The second kappa shape index (κ2) is 5.72. The summed E-state index contributed by atoms with van der Waals surface area (Å²) in [5.74, 6) is -0.196. The maximum absolute atomic E-state index is 12.3. The number of aromatic nitrogens is 4. The molecule has 0 saturated carbocycles. The Labute approximate surface area is 125 Å². The first-order valence-electron chi connectivity index (χ1n) is 6.66. The SMILES string of the molecule is CCOC(=O)c1c[nH]c2nc(-c3ccncc3)ncc2c1=O. The Morgan fingerprint density at radius 3 is 2.82 bits per heavy atom. The summed E-state index contributed by atoms with van der Waals surface area (Å²) in [6.07, 6.45) is 5.98. The third kappa shape index (κ3) is 2.44. The van der Waals surface area contributed by atoms with E-state index in [1.165, 1.54) is 12.4 Å². The van der Waals surface area contributed by atoms with Crippen LogP contribution in [0.15, 0.2) is 41.7 Å². The van der Waals surface area contributed by atoms with Crippen molar-refractivity contribution in [2.45, 2.75) is 6.92 Å². The van der Waals surface area contributed by atoms with Crippen LogP contribution in [0.3, 0.4) is 0 Å². The van der Waals surface area contributed by atoms with E-state index in [9.17, 15) is 9.59 Å². The molecule has 1 N–H and O–H groups in total. The van der Waals surface area contributed by atoms with E-state index in [1.807, 2.05) is 0 Å². The number of hydrogen-bond acceptors (Lipinski definition) is 6. The van der Waals surface area contributed by atoms with Crippen molar-refractivity contribution in [1.82, 2.24) is 19.9 Å². The summed E-state index contributed by atoms with van der Waals surface area (Å²) in [6.45, 7) is 1.88. The topological polar surface area (TPSA) is 97.8 Å². The van der Waals surface area contributed by atoms with Crippen LogP contribution in [0.1, 0.15) is 17.3 Å². The summed E-state index contributed by atoms with van der Waals surface area (Å²) in [5.41, 5.74) is 0.634. The zero-order chi connectivity index (χ0) is 15.5. The molecule has 110 valence electrons. The number of hydrogen-bond donors (Lipinski definition) is 1. The Morgan fingerprint density at radius 1 is 1.32 bits per heavy atom. The van der Waals surface area contributed by atoms with E-state index in [1.54, 1.807) is 31.5 Å². The van der Waals surface area contributed by atoms with Gasteiger partial charge in [0.05, 0.1) is 12.0 Å². The van der Waals surface area contributed by atoms with Gasteiger partial charge in [0.1, 0.15) is 11.2 Å². The first-order chi connectivity index (χ1) is 10.7. The van der Waals surface area contributed by atoms with E-state index in [2.05, 4.69) is 19.9 Å². The summed E-state index contributed by atoms with van der Waals surface area (Å²) in [6, 6.07) is 3.54. The predicted octanol–water partition coefficient (Wildman–Crippen LogP) is 1.56. The summed E-state index contributed by atoms with van der Waals surface area (Å²) >= 11 is 0. The second-order valence-electron chi connectivity index (χ2n) is 4.44. The van der Waals surface area contributed by atoms with Crippen LogP contribution < -0.4 is 5.43 Å². The summed E-state index contributed by atoms with van der Waals surface area (Å²) in [5, 5.41) is 0.239. The van der Waals surface area contributed by atoms with Gasteiger partial charge in [-0.05, 0) is 19.1 Å². The van der Waals surface area contributed by atoms with Crippen molar-refractivity contribution in [2.75, 3.05) is 6.61 Å². The lowest BCUT2D eigenvalue weighted by Crippen LogP contribution is -2.18. The van der Waals surface area contributed by atoms with E-state index in [4.69, 9.17) is 4.74 Å². The number of carbonyl (C=O) groups is 1. The standard InChI is InChI=1S/C15H12N4O3/c1-2-22-15(21)11-8-18-14-10(12(11)20)7-17-13(19-14)9-3-5-16-6-4-9/h3-8H,2H2,1H3,(H,17,18,19,20). The Hall–Kier alpha value is -3.09. The Morgan fingerprint density at radius 2 is 2.09 bits per heavy atom. The lowest BCUT2D eigenvalue weighted by atomic mass is 10.2. The molecule has 3 rings (SSSR count). The fraction of sp³-hybridized carbons (Fsp3) is 0.133. The number of fused-ring (bicyclic) bond motifs is 1. The lowest BCUT2D eigenvalue weighted by molar-refractivity contribution is 0.0524. The number of ether oxygens (including phenoxy) is 1. The van der Waals surface area contributed by atoms with Gasteiger partial charge in [-0.25, -0.2) is 14.8 Å². The minimum atomic E-state index is -0.663. The first-order valence-corrected chi connectivity index (χ1v) is 6.66. The van der Waals surface area contributed by atoms with Crippen LogP contribution in [0.2, 0.25) is 0 Å². The van der Waals surface area contributed by atoms with Gasteiger partial charge in [0, 0.05) is 30.4 Å². The fourth-order valence-electron chi connectivity index (χ4n) is 2.01. The number of nitrogens with zero attached hydrogens (tertiary/aromatic N) is 3. The number of esters is 1. The maximum Gasteiger partial charge on any atom is 0.343 e. The smallest absolute Gasteiger partial charge is 0.343 e. The molecule has 0 amide bonds. The van der Waals surface area contributed by atoms with Crippen LogP contribution in [-0.2, 0) is 4.74 Å². The third-order valence-electron chi connectivity index (χ3n) is 3.07. The van der Waals surface area contributed by atoms with E-state index < -0.39 is 11.4 Å². The molecule has 0 aliphatic rings. The van der Waals surface area contributed by atoms with E-state index in [0.717, 1.165) is 5.56 Å². The number of pyridine rings is 2. The molecule has 0 aromatic carbocycles. The minimum Gasteiger partial charge on any atom is -0.462 e. The summed E-state index contributed by atoms with van der Waals surface area (Å²) in [7, 11) is 0. The van der Waals surface area contributed by atoms with Crippen molar-refractivity contribution < 1.29 is 9.53 Å². The molecule has 0 aliphatic carbocycles. The monoisotopic (exact) mass is 296 g/mol. The quantitative estimate of drug-likeness (QED) is 0.736. The fourth-order valence-corrected chi connectivity index (χ4v) is 2.01. The average molecular weight is 296 g/mol. The highest BCUT2D eigenvalue weighted by atomic mass is 16.5. The molecule has 3 heterocycles. The van der Waals surface area contributed by atoms with Crippen molar-refractivity contribution in [3.63, 3.8) is 0 Å². The highest BCUT2D eigenvalue weighted by Gasteiger charge is 2.15. The minimum absolute atomic E-state index is 0.0605. The van der Waals surface area contributed by atoms with Crippen LogP contribution in [0.4, 0.5) is 0 Å². The number of carbonyl (C=O) groups excluding carboxylic acids is 1. The lowest BCUT2D eigenvalue weighted by Gasteiger charge is -2.04. The van der Waals surface area contributed by atoms with Gasteiger partial charge in [0.25, 0.3) is 0 Å². The molecule has 0 fully saturated rings. The van der Waals surface area contributed by atoms with Crippen molar-refractivity contribution in [3.05, 3.63) is 52.7 Å². The number of aromatic amines is 1. The molecular weight excluding hydrogens is 284 g/mol. The normalized spacial score (nSPS) is 10.6. The number of H-pyrrole nitrogens is 1. The second-order valence-corrected chi connectivity index (χ2v) is 4.44. The van der Waals surface area contributed by atoms with Gasteiger partial charge < -0.3 is 9.72 Å². The molecule has 22 heavy (non-hydrogen) atoms. The van der Waals surface area contributed by atoms with Gasteiger partial charge in [-0.2, -0.15) is 0 Å². The molecule has 0 atom stereocenters. The van der Waals surface area contributed by atoms with Crippen LogP contribution in [-0.4, -0.2) is 32.5 Å². The van der Waals surface area contributed by atoms with E-state index in [0.29, 0.717) is 11.5 Å². The zero-order valence-corrected chi connectivity index (χ0v) is 11.7. The number of nitrogens with one attached hydrogen (secondary N) is 1. The van der Waals surface area contributed by atoms with Crippen molar-refractivity contribution in [3.8, 4) is 11.4 Å². The van der Waals surface area contributed by atoms with Crippen LogP contribution in [0.25, 0.3) is 22.4 Å². The third-order valence-corrected chi connectivity index (χ3v) is 3.07. The summed E-state index contributed by atoms with van der Waals surface area (Å²) < 4.78 is 4.84. The Kier molecular flexibility index (Phi) is 3.61. The molecule has 3 aromatic rings. The molecule has 7 heteroatoms. The zero-order valence-electron chi connectivity index (χ0n) is 11.7. The molecule has 0 radical (unpaired) electrons. The van der Waals surface area contributed by atoms with Crippen LogP contribution in [0, 0.1) is 0 Å². The van der Waals surface area contributed by atoms with Gasteiger partial charge >= 0.3 is 5.97 Å². The first kappa shape index (κ1) is 13.9. The van der Waals surface area contributed by atoms with E-state index in [-0.39, 0.29) is 17.6 Å². The van der Waals surface area contributed by atoms with Crippen LogP contribution >= 0.6 is 0 Å². The molecule has 0 saturated heterocycles. The van der Waals surface area contributed by atoms with Crippen molar-refractivity contribution in [1.29, 1.82) is 0 Å². The predicted molar refractivity (Wildman–Crippen MR) is 79.3 cm³/mol. The molecule has 7 nitrogen and oxygen atoms in total. The summed E-state index contributed by atoms with van der Waals surface area (Å²) in [4.78, 5) is 39.2. The molecule has 0 spiro atoms. The average Bonchev–Trinajstić information content (AvgIpc) is 2.56. The van der Waals surface area contributed by atoms with Gasteiger partial charge in [-0.1, -0.05) is 0 Å². The van der Waals surface area contributed by atoms with E-state index >= 15 is 0 Å². The highest BCUT2D eigenvalue weighted by Crippen LogP contribution is 2.15. The van der Waals surface area contributed by atoms with Gasteiger partial charge in [0.15, 0.2) is 5.82 Å². The Bertz CT molecular complexity index is 890. The number of rotatable bonds is 3. The van der Waals surface area contributed by atoms with Gasteiger partial charge in [-0.15, -0.1) is 0 Å². The van der Waals surface area contributed by atoms with Gasteiger partial charge in [0.2, 0.25) is 5.43 Å². The molecule has 0 bridgehead atoms.